The second kappa shape index (κ2) is 6.58. The first-order valence-electron chi connectivity index (χ1n) is 8.74. The molecule has 1 aromatic rings. The lowest BCUT2D eigenvalue weighted by Crippen LogP contribution is -2.38. The summed E-state index contributed by atoms with van der Waals surface area (Å²) in [4.78, 5) is 19.0. The molecule has 6 heteroatoms. The van der Waals surface area contributed by atoms with Gasteiger partial charge in [0.25, 0.3) is 0 Å². The molecule has 0 radical (unpaired) electrons. The minimum Gasteiger partial charge on any atom is -0.370 e. The first kappa shape index (κ1) is 16.2. The normalized spacial score (nSPS) is 30.0. The molecule has 5 nitrogen and oxygen atoms in total. The minimum absolute atomic E-state index is 0.107. The van der Waals surface area contributed by atoms with Crippen molar-refractivity contribution in [1.82, 2.24) is 9.88 Å². The number of aromatic nitrogens is 1. The van der Waals surface area contributed by atoms with Gasteiger partial charge in [0.05, 0.1) is 35.6 Å². The number of ether oxygens (including phenoxy) is 2. The smallest absolute Gasteiger partial charge is 0.226 e. The van der Waals surface area contributed by atoms with Crippen LogP contribution in [0.2, 0.25) is 0 Å². The molecular weight excluding hydrogens is 324 g/mol. The van der Waals surface area contributed by atoms with Gasteiger partial charge in [-0.1, -0.05) is 12.2 Å². The van der Waals surface area contributed by atoms with E-state index in [1.165, 1.54) is 0 Å². The van der Waals surface area contributed by atoms with Crippen molar-refractivity contribution in [2.75, 3.05) is 19.7 Å². The molecule has 0 aromatic carbocycles. The van der Waals surface area contributed by atoms with Crippen molar-refractivity contribution in [1.29, 1.82) is 0 Å². The van der Waals surface area contributed by atoms with Crippen LogP contribution < -0.4 is 0 Å². The lowest BCUT2D eigenvalue weighted by Gasteiger charge is -2.25. The van der Waals surface area contributed by atoms with Crippen molar-refractivity contribution < 1.29 is 14.3 Å². The van der Waals surface area contributed by atoms with Crippen molar-refractivity contribution in [2.45, 2.75) is 50.9 Å². The van der Waals surface area contributed by atoms with Gasteiger partial charge in [0, 0.05) is 30.8 Å². The van der Waals surface area contributed by atoms with E-state index in [1.807, 2.05) is 17.2 Å². The molecule has 1 aromatic heterocycles. The second-order valence-electron chi connectivity index (χ2n) is 7.14. The highest BCUT2D eigenvalue weighted by Crippen LogP contribution is 2.37. The van der Waals surface area contributed by atoms with Crippen molar-refractivity contribution in [2.24, 2.45) is 5.92 Å². The Morgan fingerprint density at radius 1 is 1.50 bits per heavy atom. The van der Waals surface area contributed by atoms with Gasteiger partial charge in [-0.15, -0.1) is 11.3 Å². The summed E-state index contributed by atoms with van der Waals surface area (Å²) in [7, 11) is 0. The van der Waals surface area contributed by atoms with Gasteiger partial charge in [0.15, 0.2) is 0 Å². The number of allylic oxidation sites excluding steroid dienone is 2. The van der Waals surface area contributed by atoms with E-state index in [4.69, 9.17) is 9.47 Å². The van der Waals surface area contributed by atoms with Gasteiger partial charge in [-0.25, -0.2) is 4.98 Å². The number of hydrogen-bond acceptors (Lipinski definition) is 5. The van der Waals surface area contributed by atoms with Crippen LogP contribution in [0, 0.1) is 12.8 Å². The number of rotatable bonds is 4. The third-order valence-corrected chi connectivity index (χ3v) is 6.12. The predicted octanol–water partition coefficient (Wildman–Crippen LogP) is 2.69. The molecule has 1 spiro atoms. The second-order valence-corrected chi connectivity index (χ2v) is 8.20. The van der Waals surface area contributed by atoms with Crippen LogP contribution in [0.4, 0.5) is 0 Å². The minimum atomic E-state index is -0.190. The fourth-order valence-electron chi connectivity index (χ4n) is 3.98. The molecule has 130 valence electrons. The van der Waals surface area contributed by atoms with Gasteiger partial charge in [-0.3, -0.25) is 4.79 Å². The predicted molar refractivity (Wildman–Crippen MR) is 91.8 cm³/mol. The first-order chi connectivity index (χ1) is 11.6. The molecule has 0 bridgehead atoms. The number of likely N-dealkylation sites (tertiary alicyclic amines) is 1. The molecule has 2 atom stereocenters. The fourth-order valence-corrected chi connectivity index (χ4v) is 4.58. The topological polar surface area (TPSA) is 51.7 Å². The van der Waals surface area contributed by atoms with Crippen molar-refractivity contribution >= 4 is 17.2 Å². The summed E-state index contributed by atoms with van der Waals surface area (Å²) < 4.78 is 12.1. The van der Waals surface area contributed by atoms with Crippen molar-refractivity contribution in [3.05, 3.63) is 28.2 Å². The number of aryl methyl sites for hydroxylation is 1. The number of hydrogen-bond donors (Lipinski definition) is 0. The zero-order chi connectivity index (χ0) is 16.6. The Kier molecular flexibility index (Phi) is 4.45. The fraction of sp³-hybridized carbons (Fsp3) is 0.667. The number of thiazole rings is 1. The molecule has 0 N–H and O–H groups in total. The molecule has 1 aliphatic carbocycles. The zero-order valence-corrected chi connectivity index (χ0v) is 14.9. The highest BCUT2D eigenvalue weighted by Gasteiger charge is 2.47. The molecule has 2 saturated heterocycles. The Morgan fingerprint density at radius 3 is 3.08 bits per heavy atom. The largest absolute Gasteiger partial charge is 0.370 e. The van der Waals surface area contributed by atoms with Gasteiger partial charge in [0.1, 0.15) is 0 Å². The molecular formula is C18H24N2O3S. The molecule has 3 aliphatic rings. The maximum absolute atomic E-state index is 12.6. The molecule has 1 amide bonds. The van der Waals surface area contributed by atoms with Crippen LogP contribution in [0.5, 0.6) is 0 Å². The molecule has 0 saturated carbocycles. The van der Waals surface area contributed by atoms with Crippen LogP contribution in [0.3, 0.4) is 0 Å². The monoisotopic (exact) mass is 348 g/mol. The van der Waals surface area contributed by atoms with Gasteiger partial charge >= 0.3 is 0 Å². The van der Waals surface area contributed by atoms with Gasteiger partial charge in [-0.05, 0) is 26.2 Å². The highest BCUT2D eigenvalue weighted by atomic mass is 32.1. The number of amides is 1. The maximum Gasteiger partial charge on any atom is 0.226 e. The molecule has 3 heterocycles. The van der Waals surface area contributed by atoms with E-state index in [2.05, 4.69) is 17.1 Å². The summed E-state index contributed by atoms with van der Waals surface area (Å²) in [5.74, 6) is 0.448. The van der Waals surface area contributed by atoms with E-state index < -0.39 is 0 Å². The summed E-state index contributed by atoms with van der Waals surface area (Å²) in [5, 5.41) is 3.12. The molecule has 4 rings (SSSR count). The average Bonchev–Trinajstić information content (AvgIpc) is 3.34. The third kappa shape index (κ3) is 3.27. The van der Waals surface area contributed by atoms with Crippen molar-refractivity contribution in [3.8, 4) is 0 Å². The maximum atomic E-state index is 12.6. The van der Waals surface area contributed by atoms with Crippen LogP contribution in [0.25, 0.3) is 0 Å². The van der Waals surface area contributed by atoms with Gasteiger partial charge in [-0.2, -0.15) is 0 Å². The Hall–Kier alpha value is -1.24. The van der Waals surface area contributed by atoms with Gasteiger partial charge < -0.3 is 14.4 Å². The van der Waals surface area contributed by atoms with Crippen LogP contribution in [0.15, 0.2) is 17.5 Å². The standard InChI is InChI=1S/C18H24N2O3S/c1-13-19-15(11-24-13)9-22-16-8-18(23-10-16)6-7-20(12-18)17(21)14-4-2-3-5-14/h2-3,11,14,16H,4-10,12H2,1H3/t16-,18-/m1/s1. The Labute approximate surface area is 146 Å². The number of carbonyl (C=O) groups excluding carboxylic acids is 1. The summed E-state index contributed by atoms with van der Waals surface area (Å²) in [5.41, 5.74) is 0.806. The van der Waals surface area contributed by atoms with Crippen LogP contribution in [-0.2, 0) is 20.9 Å². The SMILES string of the molecule is Cc1nc(CO[C@H]2CO[C@]3(CCN(C(=O)C4CC=CC4)C3)C2)cs1. The number of carbonyl (C=O) groups is 1. The van der Waals surface area contributed by atoms with Gasteiger partial charge in [0.2, 0.25) is 5.91 Å². The summed E-state index contributed by atoms with van der Waals surface area (Å²) in [6.45, 7) is 4.71. The van der Waals surface area contributed by atoms with E-state index in [9.17, 15) is 4.79 Å². The van der Waals surface area contributed by atoms with E-state index in [0.29, 0.717) is 19.1 Å². The Balaban J connectivity index is 1.29. The van der Waals surface area contributed by atoms with E-state index >= 15 is 0 Å². The van der Waals surface area contributed by atoms with Crippen LogP contribution in [0.1, 0.15) is 36.4 Å². The van der Waals surface area contributed by atoms with Crippen molar-refractivity contribution in [3.63, 3.8) is 0 Å². The highest BCUT2D eigenvalue weighted by molar-refractivity contribution is 7.09. The molecule has 24 heavy (non-hydrogen) atoms. The lowest BCUT2D eigenvalue weighted by molar-refractivity contribution is -0.135. The number of nitrogens with zero attached hydrogens (tertiary/aromatic N) is 2. The Morgan fingerprint density at radius 2 is 2.33 bits per heavy atom. The van der Waals surface area contributed by atoms with Crippen LogP contribution >= 0.6 is 11.3 Å². The van der Waals surface area contributed by atoms with Crippen LogP contribution in [-0.4, -0.2) is 47.2 Å². The molecule has 2 fully saturated rings. The van der Waals surface area contributed by atoms with E-state index in [1.54, 1.807) is 11.3 Å². The first-order valence-corrected chi connectivity index (χ1v) is 9.62. The van der Waals surface area contributed by atoms with E-state index in [0.717, 1.165) is 49.5 Å². The molecule has 0 unspecified atom stereocenters. The average molecular weight is 348 g/mol. The van der Waals surface area contributed by atoms with E-state index in [-0.39, 0.29) is 17.6 Å². The summed E-state index contributed by atoms with van der Waals surface area (Å²) in [6, 6.07) is 0. The quantitative estimate of drug-likeness (QED) is 0.785. The zero-order valence-electron chi connectivity index (χ0n) is 14.1. The lowest BCUT2D eigenvalue weighted by atomic mass is 9.98. The summed E-state index contributed by atoms with van der Waals surface area (Å²) >= 11 is 1.65. The Bertz CT molecular complexity index is 636. The third-order valence-electron chi connectivity index (χ3n) is 5.29. The molecule has 2 aliphatic heterocycles. The summed E-state index contributed by atoms with van der Waals surface area (Å²) in [6.07, 6.45) is 7.92.